The molecule has 1 aromatic carbocycles. The highest BCUT2D eigenvalue weighted by molar-refractivity contribution is 14.1. The molecule has 0 atom stereocenters. The number of alkyl halides is 1. The SMILES string of the molecule is O=C(CI)N1CCN(c2ccccc2)CC1. The lowest BCUT2D eigenvalue weighted by Crippen LogP contribution is -2.49. The summed E-state index contributed by atoms with van der Waals surface area (Å²) < 4.78 is 0.586. The molecular formula is C12H15IN2O. The van der Waals surface area contributed by atoms with Crippen molar-refractivity contribution >= 4 is 34.2 Å². The molecule has 1 heterocycles. The minimum absolute atomic E-state index is 0.258. The van der Waals surface area contributed by atoms with Crippen LogP contribution in [0.3, 0.4) is 0 Å². The van der Waals surface area contributed by atoms with Gasteiger partial charge in [0.1, 0.15) is 0 Å². The largest absolute Gasteiger partial charge is 0.368 e. The molecule has 1 fully saturated rings. The van der Waals surface area contributed by atoms with Gasteiger partial charge in [0.25, 0.3) is 0 Å². The number of hydrogen-bond donors (Lipinski definition) is 0. The lowest BCUT2D eigenvalue weighted by Gasteiger charge is -2.35. The summed E-state index contributed by atoms with van der Waals surface area (Å²) in [5.74, 6) is 0.258. The lowest BCUT2D eigenvalue weighted by molar-refractivity contribution is -0.128. The second-order valence-corrected chi connectivity index (χ2v) is 4.60. The Balaban J connectivity index is 1.93. The molecule has 0 bridgehead atoms. The average Bonchev–Trinajstić information content (AvgIpc) is 2.39. The van der Waals surface area contributed by atoms with Crippen LogP contribution in [0.25, 0.3) is 0 Å². The highest BCUT2D eigenvalue weighted by Gasteiger charge is 2.19. The monoisotopic (exact) mass is 330 g/mol. The first kappa shape index (κ1) is 11.7. The van der Waals surface area contributed by atoms with Gasteiger partial charge in [0.15, 0.2) is 0 Å². The number of anilines is 1. The van der Waals surface area contributed by atoms with Gasteiger partial charge in [-0.2, -0.15) is 0 Å². The molecule has 0 aromatic heterocycles. The standard InChI is InChI=1S/C12H15IN2O/c13-10-12(16)15-8-6-14(7-9-15)11-4-2-1-3-5-11/h1-5H,6-10H2. The van der Waals surface area contributed by atoms with E-state index in [0.29, 0.717) is 4.43 Å². The van der Waals surface area contributed by atoms with Crippen LogP contribution in [0.5, 0.6) is 0 Å². The molecule has 0 radical (unpaired) electrons. The van der Waals surface area contributed by atoms with E-state index < -0.39 is 0 Å². The van der Waals surface area contributed by atoms with Crippen molar-refractivity contribution in [3.8, 4) is 0 Å². The Morgan fingerprint density at radius 1 is 1.12 bits per heavy atom. The molecule has 1 aliphatic heterocycles. The maximum atomic E-state index is 11.5. The van der Waals surface area contributed by atoms with E-state index in [1.54, 1.807) is 0 Å². The van der Waals surface area contributed by atoms with Crippen LogP contribution < -0.4 is 4.90 Å². The third kappa shape index (κ3) is 2.66. The van der Waals surface area contributed by atoms with Crippen molar-refractivity contribution in [2.45, 2.75) is 0 Å². The fourth-order valence-corrected chi connectivity index (χ4v) is 2.42. The van der Waals surface area contributed by atoms with Crippen LogP contribution in [0.2, 0.25) is 0 Å². The molecule has 86 valence electrons. The maximum Gasteiger partial charge on any atom is 0.232 e. The van der Waals surface area contributed by atoms with Gasteiger partial charge in [0.2, 0.25) is 5.91 Å². The van der Waals surface area contributed by atoms with Crippen LogP contribution >= 0.6 is 22.6 Å². The lowest BCUT2D eigenvalue weighted by atomic mass is 10.2. The van der Waals surface area contributed by atoms with Crippen molar-refractivity contribution in [1.82, 2.24) is 4.90 Å². The van der Waals surface area contributed by atoms with Gasteiger partial charge in [-0.15, -0.1) is 0 Å². The van der Waals surface area contributed by atoms with Gasteiger partial charge < -0.3 is 9.80 Å². The second-order valence-electron chi connectivity index (χ2n) is 3.84. The van der Waals surface area contributed by atoms with E-state index in [1.165, 1.54) is 5.69 Å². The first-order valence-electron chi connectivity index (χ1n) is 5.45. The van der Waals surface area contributed by atoms with Crippen molar-refractivity contribution in [3.05, 3.63) is 30.3 Å². The molecule has 1 aromatic rings. The highest BCUT2D eigenvalue weighted by Crippen LogP contribution is 2.15. The zero-order valence-corrected chi connectivity index (χ0v) is 11.3. The van der Waals surface area contributed by atoms with Crippen LogP contribution in [-0.4, -0.2) is 41.4 Å². The molecule has 0 unspecified atom stereocenters. The number of piperazine rings is 1. The first-order chi connectivity index (χ1) is 7.81. The van der Waals surface area contributed by atoms with Crippen molar-refractivity contribution in [2.75, 3.05) is 35.5 Å². The summed E-state index contributed by atoms with van der Waals surface area (Å²) in [6.45, 7) is 3.56. The molecule has 1 saturated heterocycles. The minimum Gasteiger partial charge on any atom is -0.368 e. The summed E-state index contributed by atoms with van der Waals surface area (Å²) in [7, 11) is 0. The fraction of sp³-hybridized carbons (Fsp3) is 0.417. The van der Waals surface area contributed by atoms with Crippen LogP contribution in [0.4, 0.5) is 5.69 Å². The number of benzene rings is 1. The number of carbonyl (C=O) groups is 1. The van der Waals surface area contributed by atoms with Crippen molar-refractivity contribution in [3.63, 3.8) is 0 Å². The molecule has 0 saturated carbocycles. The van der Waals surface area contributed by atoms with Gasteiger partial charge in [-0.05, 0) is 12.1 Å². The zero-order valence-electron chi connectivity index (χ0n) is 9.10. The highest BCUT2D eigenvalue weighted by atomic mass is 127. The van der Waals surface area contributed by atoms with Gasteiger partial charge in [0, 0.05) is 31.9 Å². The van der Waals surface area contributed by atoms with E-state index in [4.69, 9.17) is 0 Å². The van der Waals surface area contributed by atoms with Gasteiger partial charge in [-0.1, -0.05) is 40.8 Å². The van der Waals surface area contributed by atoms with E-state index in [1.807, 2.05) is 11.0 Å². The molecule has 4 heteroatoms. The summed E-state index contributed by atoms with van der Waals surface area (Å²) in [6.07, 6.45) is 0. The zero-order chi connectivity index (χ0) is 11.4. The van der Waals surface area contributed by atoms with E-state index in [9.17, 15) is 4.79 Å². The van der Waals surface area contributed by atoms with Gasteiger partial charge in [0.05, 0.1) is 4.43 Å². The third-order valence-corrected chi connectivity index (χ3v) is 3.52. The van der Waals surface area contributed by atoms with E-state index >= 15 is 0 Å². The summed E-state index contributed by atoms with van der Waals surface area (Å²) in [4.78, 5) is 15.8. The predicted molar refractivity (Wildman–Crippen MR) is 74.1 cm³/mol. The predicted octanol–water partition coefficient (Wildman–Crippen LogP) is 1.77. The summed E-state index contributed by atoms with van der Waals surface area (Å²) in [5, 5.41) is 0. The average molecular weight is 330 g/mol. The second kappa shape index (κ2) is 5.52. The number of rotatable bonds is 2. The Labute approximate surface area is 110 Å². The van der Waals surface area contributed by atoms with Gasteiger partial charge in [-0.3, -0.25) is 4.79 Å². The van der Waals surface area contributed by atoms with E-state index in [-0.39, 0.29) is 5.91 Å². The quantitative estimate of drug-likeness (QED) is 0.610. The molecule has 0 spiro atoms. The summed E-state index contributed by atoms with van der Waals surface area (Å²) in [6, 6.07) is 10.4. The van der Waals surface area contributed by atoms with Crippen LogP contribution in [0, 0.1) is 0 Å². The maximum absolute atomic E-state index is 11.5. The molecule has 2 rings (SSSR count). The number of amides is 1. The third-order valence-electron chi connectivity index (χ3n) is 2.87. The molecule has 0 aliphatic carbocycles. The number of nitrogens with zero attached hydrogens (tertiary/aromatic N) is 2. The molecule has 1 aliphatic rings. The number of para-hydroxylation sites is 1. The smallest absolute Gasteiger partial charge is 0.232 e. The molecular weight excluding hydrogens is 315 g/mol. The topological polar surface area (TPSA) is 23.6 Å². The molecule has 0 N–H and O–H groups in total. The number of carbonyl (C=O) groups excluding carboxylic acids is 1. The van der Waals surface area contributed by atoms with Crippen LogP contribution in [-0.2, 0) is 4.79 Å². The van der Waals surface area contributed by atoms with Crippen molar-refractivity contribution < 1.29 is 4.79 Å². The van der Waals surface area contributed by atoms with E-state index in [2.05, 4.69) is 51.8 Å². The Bertz CT molecular complexity index is 347. The van der Waals surface area contributed by atoms with Gasteiger partial charge >= 0.3 is 0 Å². The summed E-state index contributed by atoms with van der Waals surface area (Å²) >= 11 is 2.13. The normalized spacial score (nSPS) is 16.3. The minimum atomic E-state index is 0.258. The van der Waals surface area contributed by atoms with Crippen molar-refractivity contribution in [2.24, 2.45) is 0 Å². The van der Waals surface area contributed by atoms with Crippen molar-refractivity contribution in [1.29, 1.82) is 0 Å². The molecule has 3 nitrogen and oxygen atoms in total. The fourth-order valence-electron chi connectivity index (χ4n) is 1.94. The molecule has 16 heavy (non-hydrogen) atoms. The first-order valence-corrected chi connectivity index (χ1v) is 6.97. The van der Waals surface area contributed by atoms with E-state index in [0.717, 1.165) is 26.2 Å². The Kier molecular flexibility index (Phi) is 4.04. The van der Waals surface area contributed by atoms with Crippen LogP contribution in [0.1, 0.15) is 0 Å². The molecule has 1 amide bonds. The van der Waals surface area contributed by atoms with Gasteiger partial charge in [-0.25, -0.2) is 0 Å². The Hall–Kier alpha value is -0.780. The number of halogens is 1. The number of hydrogen-bond acceptors (Lipinski definition) is 2. The summed E-state index contributed by atoms with van der Waals surface area (Å²) in [5.41, 5.74) is 1.25. The Morgan fingerprint density at radius 2 is 1.75 bits per heavy atom. The van der Waals surface area contributed by atoms with Crippen LogP contribution in [0.15, 0.2) is 30.3 Å². The Morgan fingerprint density at radius 3 is 2.31 bits per heavy atom.